The summed E-state index contributed by atoms with van der Waals surface area (Å²) in [6, 6.07) is 7.14. The third kappa shape index (κ3) is 3.87. The molecule has 0 saturated carbocycles. The second-order valence-corrected chi connectivity index (χ2v) is 5.06. The SMILES string of the molecule is CC(N)c1ncn(CC(=O)Nc2cccc(Br)c2)n1. The van der Waals surface area contributed by atoms with E-state index in [1.165, 1.54) is 11.0 Å². The lowest BCUT2D eigenvalue weighted by atomic mass is 10.3. The minimum atomic E-state index is -0.241. The lowest BCUT2D eigenvalue weighted by Gasteiger charge is -2.05. The molecule has 0 bridgehead atoms. The van der Waals surface area contributed by atoms with Crippen LogP contribution in [0.1, 0.15) is 18.8 Å². The molecular formula is C12H14BrN5O. The summed E-state index contributed by atoms with van der Waals surface area (Å²) in [5.41, 5.74) is 6.38. The quantitative estimate of drug-likeness (QED) is 0.896. The molecule has 100 valence electrons. The van der Waals surface area contributed by atoms with Gasteiger partial charge in [-0.15, -0.1) is 0 Å². The van der Waals surface area contributed by atoms with Gasteiger partial charge in [-0.3, -0.25) is 4.79 Å². The van der Waals surface area contributed by atoms with E-state index in [0.717, 1.165) is 10.2 Å². The second-order valence-electron chi connectivity index (χ2n) is 4.15. The Morgan fingerprint density at radius 1 is 1.58 bits per heavy atom. The summed E-state index contributed by atoms with van der Waals surface area (Å²) in [5.74, 6) is 0.356. The van der Waals surface area contributed by atoms with Crippen LogP contribution in [0, 0.1) is 0 Å². The van der Waals surface area contributed by atoms with Crippen molar-refractivity contribution in [2.75, 3.05) is 5.32 Å². The van der Waals surface area contributed by atoms with Crippen molar-refractivity contribution in [3.63, 3.8) is 0 Å². The normalized spacial score (nSPS) is 12.2. The number of hydrogen-bond donors (Lipinski definition) is 2. The molecule has 1 aromatic carbocycles. The van der Waals surface area contributed by atoms with Gasteiger partial charge in [-0.05, 0) is 25.1 Å². The molecule has 2 rings (SSSR count). The van der Waals surface area contributed by atoms with Gasteiger partial charge >= 0.3 is 0 Å². The summed E-state index contributed by atoms with van der Waals surface area (Å²) in [6.45, 7) is 1.90. The predicted octanol–water partition coefficient (Wildman–Crippen LogP) is 1.70. The van der Waals surface area contributed by atoms with Crippen molar-refractivity contribution < 1.29 is 4.79 Å². The monoisotopic (exact) mass is 323 g/mol. The number of nitrogens with one attached hydrogen (secondary N) is 1. The molecule has 1 aromatic heterocycles. The van der Waals surface area contributed by atoms with Gasteiger partial charge in [0.25, 0.3) is 0 Å². The molecule has 6 nitrogen and oxygen atoms in total. The molecule has 1 unspecified atom stereocenters. The highest BCUT2D eigenvalue weighted by molar-refractivity contribution is 9.10. The molecule has 7 heteroatoms. The number of hydrogen-bond acceptors (Lipinski definition) is 4. The largest absolute Gasteiger partial charge is 0.324 e. The van der Waals surface area contributed by atoms with Gasteiger partial charge in [-0.2, -0.15) is 5.10 Å². The summed E-state index contributed by atoms with van der Waals surface area (Å²) in [6.07, 6.45) is 1.50. The number of nitrogens with zero attached hydrogens (tertiary/aromatic N) is 3. The molecule has 3 N–H and O–H groups in total. The highest BCUT2D eigenvalue weighted by Gasteiger charge is 2.08. The van der Waals surface area contributed by atoms with Crippen LogP contribution < -0.4 is 11.1 Å². The molecule has 0 radical (unpaired) electrons. The Kier molecular flexibility index (Phi) is 4.28. The highest BCUT2D eigenvalue weighted by atomic mass is 79.9. The summed E-state index contributed by atoms with van der Waals surface area (Å²) >= 11 is 3.35. The van der Waals surface area contributed by atoms with Crippen molar-refractivity contribution in [1.82, 2.24) is 14.8 Å². The molecule has 1 amide bonds. The zero-order valence-corrected chi connectivity index (χ0v) is 12.0. The van der Waals surface area contributed by atoms with Crippen LogP contribution >= 0.6 is 15.9 Å². The smallest absolute Gasteiger partial charge is 0.246 e. The van der Waals surface area contributed by atoms with E-state index in [4.69, 9.17) is 5.73 Å². The number of nitrogens with two attached hydrogens (primary N) is 1. The first-order valence-corrected chi connectivity index (χ1v) is 6.54. The topological polar surface area (TPSA) is 85.8 Å². The number of anilines is 1. The number of aromatic nitrogens is 3. The molecule has 0 fully saturated rings. The van der Waals surface area contributed by atoms with Gasteiger partial charge in [0, 0.05) is 10.2 Å². The summed E-state index contributed by atoms with van der Waals surface area (Å²) in [5, 5.41) is 6.90. The van der Waals surface area contributed by atoms with Crippen LogP contribution in [0.25, 0.3) is 0 Å². The molecular weight excluding hydrogens is 310 g/mol. The molecule has 1 atom stereocenters. The molecule has 0 aliphatic heterocycles. The third-order valence-electron chi connectivity index (χ3n) is 2.38. The predicted molar refractivity (Wildman–Crippen MR) is 75.4 cm³/mol. The van der Waals surface area contributed by atoms with Gasteiger partial charge in [0.15, 0.2) is 5.82 Å². The van der Waals surface area contributed by atoms with Crippen molar-refractivity contribution in [3.8, 4) is 0 Å². The standard InChI is InChI=1S/C12H14BrN5O/c1-8(14)12-15-7-18(17-12)6-11(19)16-10-4-2-3-9(13)5-10/h2-5,7-8H,6,14H2,1H3,(H,16,19). The Labute approximate surface area is 119 Å². The summed E-state index contributed by atoms with van der Waals surface area (Å²) < 4.78 is 2.37. The van der Waals surface area contributed by atoms with E-state index in [-0.39, 0.29) is 18.5 Å². The third-order valence-corrected chi connectivity index (χ3v) is 2.87. The van der Waals surface area contributed by atoms with E-state index in [2.05, 4.69) is 31.3 Å². The lowest BCUT2D eigenvalue weighted by molar-refractivity contribution is -0.116. The number of amides is 1. The van der Waals surface area contributed by atoms with Gasteiger partial charge in [-0.1, -0.05) is 22.0 Å². The van der Waals surface area contributed by atoms with Gasteiger partial charge in [0.05, 0.1) is 6.04 Å². The summed E-state index contributed by atoms with van der Waals surface area (Å²) in [7, 11) is 0. The molecule has 1 heterocycles. The lowest BCUT2D eigenvalue weighted by Crippen LogP contribution is -2.19. The van der Waals surface area contributed by atoms with Crippen LogP contribution in [0.15, 0.2) is 35.1 Å². The van der Waals surface area contributed by atoms with Gasteiger partial charge < -0.3 is 11.1 Å². The van der Waals surface area contributed by atoms with E-state index in [1.54, 1.807) is 6.92 Å². The Hall–Kier alpha value is -1.73. The van der Waals surface area contributed by atoms with Crippen LogP contribution in [-0.4, -0.2) is 20.7 Å². The second kappa shape index (κ2) is 5.94. The minimum Gasteiger partial charge on any atom is -0.324 e. The van der Waals surface area contributed by atoms with Crippen LogP contribution in [0.4, 0.5) is 5.69 Å². The fraction of sp³-hybridized carbons (Fsp3) is 0.250. The Morgan fingerprint density at radius 3 is 3.00 bits per heavy atom. The van der Waals surface area contributed by atoms with Gasteiger partial charge in [-0.25, -0.2) is 9.67 Å². The van der Waals surface area contributed by atoms with Crippen LogP contribution in [0.5, 0.6) is 0 Å². The van der Waals surface area contributed by atoms with E-state index < -0.39 is 0 Å². The van der Waals surface area contributed by atoms with E-state index in [0.29, 0.717) is 5.82 Å². The molecule has 0 aliphatic rings. The molecule has 0 spiro atoms. The zero-order chi connectivity index (χ0) is 13.8. The van der Waals surface area contributed by atoms with Crippen LogP contribution in [0.3, 0.4) is 0 Å². The number of rotatable bonds is 4. The average Bonchev–Trinajstić information content (AvgIpc) is 2.77. The maximum absolute atomic E-state index is 11.8. The van der Waals surface area contributed by atoms with Gasteiger partial charge in [0.2, 0.25) is 5.91 Å². The van der Waals surface area contributed by atoms with Crippen molar-refractivity contribution in [2.24, 2.45) is 5.73 Å². The maximum atomic E-state index is 11.8. The number of halogens is 1. The number of benzene rings is 1. The Balaban J connectivity index is 1.97. The van der Waals surface area contributed by atoms with Crippen molar-refractivity contribution in [2.45, 2.75) is 19.5 Å². The zero-order valence-electron chi connectivity index (χ0n) is 10.4. The first-order valence-electron chi connectivity index (χ1n) is 5.75. The highest BCUT2D eigenvalue weighted by Crippen LogP contribution is 2.15. The fourth-order valence-corrected chi connectivity index (χ4v) is 1.91. The Bertz CT molecular complexity index is 581. The minimum absolute atomic E-state index is 0.103. The van der Waals surface area contributed by atoms with Crippen molar-refractivity contribution >= 4 is 27.5 Å². The van der Waals surface area contributed by atoms with Gasteiger partial charge in [0.1, 0.15) is 12.9 Å². The van der Waals surface area contributed by atoms with Crippen LogP contribution in [0.2, 0.25) is 0 Å². The first kappa shape index (κ1) is 13.7. The van der Waals surface area contributed by atoms with Crippen LogP contribution in [-0.2, 0) is 11.3 Å². The molecule has 0 aliphatic carbocycles. The van der Waals surface area contributed by atoms with Crippen molar-refractivity contribution in [1.29, 1.82) is 0 Å². The number of carbonyl (C=O) groups excluding carboxylic acids is 1. The number of carbonyl (C=O) groups is 1. The Morgan fingerprint density at radius 2 is 2.37 bits per heavy atom. The molecule has 19 heavy (non-hydrogen) atoms. The van der Waals surface area contributed by atoms with E-state index in [1.807, 2.05) is 24.3 Å². The fourth-order valence-electron chi connectivity index (χ4n) is 1.51. The molecule has 0 saturated heterocycles. The molecule has 2 aromatic rings. The first-order chi connectivity index (χ1) is 9.04. The van der Waals surface area contributed by atoms with Crippen molar-refractivity contribution in [3.05, 3.63) is 40.9 Å². The summed E-state index contributed by atoms with van der Waals surface area (Å²) in [4.78, 5) is 15.9. The van der Waals surface area contributed by atoms with E-state index >= 15 is 0 Å². The average molecular weight is 324 g/mol. The van der Waals surface area contributed by atoms with E-state index in [9.17, 15) is 4.79 Å². The maximum Gasteiger partial charge on any atom is 0.246 e.